The second kappa shape index (κ2) is 5.64. The zero-order chi connectivity index (χ0) is 13.9. The Morgan fingerprint density at radius 1 is 1.26 bits per heavy atom. The van der Waals surface area contributed by atoms with E-state index in [4.69, 9.17) is 21.1 Å². The maximum absolute atomic E-state index is 10.8. The number of methoxy groups -OCH3 is 2. The van der Waals surface area contributed by atoms with E-state index in [1.807, 2.05) is 6.07 Å². The van der Waals surface area contributed by atoms with Crippen LogP contribution in [-0.4, -0.2) is 20.3 Å². The Morgan fingerprint density at radius 3 is 2.47 bits per heavy atom. The minimum Gasteiger partial charge on any atom is -0.497 e. The standard InChI is InChI=1S/C14H16ClNO3/c1-18-10-7-11(13(19-2)12(15)8-10)14(16-9-17)5-3-4-6-14/h7-8H,3-6H2,1-2H3. The second-order valence-corrected chi connectivity index (χ2v) is 5.04. The average Bonchev–Trinajstić information content (AvgIpc) is 2.88. The van der Waals surface area contributed by atoms with Gasteiger partial charge in [0, 0.05) is 11.6 Å². The SMILES string of the molecule is COc1cc(Cl)c(OC)c(C2(N=C=O)CCCC2)c1. The molecule has 0 aliphatic heterocycles. The molecule has 4 nitrogen and oxygen atoms in total. The summed E-state index contributed by atoms with van der Waals surface area (Å²) in [7, 11) is 3.14. The van der Waals surface area contributed by atoms with Crippen LogP contribution in [0.1, 0.15) is 31.2 Å². The van der Waals surface area contributed by atoms with Crippen molar-refractivity contribution in [1.29, 1.82) is 0 Å². The van der Waals surface area contributed by atoms with Crippen molar-refractivity contribution >= 4 is 17.7 Å². The molecule has 0 N–H and O–H groups in total. The molecule has 0 saturated heterocycles. The van der Waals surface area contributed by atoms with Crippen LogP contribution in [0.2, 0.25) is 5.02 Å². The lowest BCUT2D eigenvalue weighted by atomic mass is 9.88. The average molecular weight is 282 g/mol. The largest absolute Gasteiger partial charge is 0.497 e. The topological polar surface area (TPSA) is 47.9 Å². The monoisotopic (exact) mass is 281 g/mol. The van der Waals surface area contributed by atoms with Crippen molar-refractivity contribution in [3.63, 3.8) is 0 Å². The predicted octanol–water partition coefficient (Wildman–Crippen LogP) is 3.46. The Balaban J connectivity index is 2.64. The Hall–Kier alpha value is -1.51. The van der Waals surface area contributed by atoms with Crippen LogP contribution in [0.3, 0.4) is 0 Å². The number of halogens is 1. The Bertz CT molecular complexity index is 518. The molecule has 0 heterocycles. The van der Waals surface area contributed by atoms with E-state index in [0.717, 1.165) is 31.2 Å². The normalized spacial score (nSPS) is 16.8. The summed E-state index contributed by atoms with van der Waals surface area (Å²) in [6.07, 6.45) is 5.31. The Morgan fingerprint density at radius 2 is 1.95 bits per heavy atom. The van der Waals surface area contributed by atoms with Gasteiger partial charge in [0.2, 0.25) is 6.08 Å². The molecule has 1 aliphatic rings. The van der Waals surface area contributed by atoms with Gasteiger partial charge >= 0.3 is 0 Å². The van der Waals surface area contributed by atoms with Crippen molar-refractivity contribution in [2.24, 2.45) is 4.99 Å². The summed E-state index contributed by atoms with van der Waals surface area (Å²) in [6.45, 7) is 0. The fraction of sp³-hybridized carbons (Fsp3) is 0.500. The second-order valence-electron chi connectivity index (χ2n) is 4.63. The first kappa shape index (κ1) is 13.9. The molecule has 1 aromatic carbocycles. The fourth-order valence-electron chi connectivity index (χ4n) is 2.73. The zero-order valence-corrected chi connectivity index (χ0v) is 11.8. The van der Waals surface area contributed by atoms with E-state index in [2.05, 4.69) is 4.99 Å². The van der Waals surface area contributed by atoms with Gasteiger partial charge in [-0.15, -0.1) is 0 Å². The fourth-order valence-corrected chi connectivity index (χ4v) is 3.01. The molecule has 0 bridgehead atoms. The van der Waals surface area contributed by atoms with E-state index in [9.17, 15) is 4.79 Å². The van der Waals surface area contributed by atoms with Gasteiger partial charge in [0.1, 0.15) is 17.0 Å². The summed E-state index contributed by atoms with van der Waals surface area (Å²) in [6, 6.07) is 3.54. The van der Waals surface area contributed by atoms with Crippen molar-refractivity contribution < 1.29 is 14.3 Å². The quantitative estimate of drug-likeness (QED) is 0.627. The van der Waals surface area contributed by atoms with Crippen molar-refractivity contribution in [3.8, 4) is 11.5 Å². The minimum atomic E-state index is -0.578. The van der Waals surface area contributed by atoms with Gasteiger partial charge in [-0.3, -0.25) is 0 Å². The van der Waals surface area contributed by atoms with Gasteiger partial charge in [0.25, 0.3) is 0 Å². The molecule has 0 unspecified atom stereocenters. The van der Waals surface area contributed by atoms with Gasteiger partial charge in [0.15, 0.2) is 0 Å². The van der Waals surface area contributed by atoms with Crippen LogP contribution in [0.4, 0.5) is 0 Å². The first-order valence-corrected chi connectivity index (χ1v) is 6.55. The van der Waals surface area contributed by atoms with Crippen molar-refractivity contribution in [2.45, 2.75) is 31.2 Å². The molecule has 1 aromatic rings. The number of hydrogen-bond acceptors (Lipinski definition) is 4. The summed E-state index contributed by atoms with van der Waals surface area (Å²) in [4.78, 5) is 14.8. The zero-order valence-electron chi connectivity index (χ0n) is 11.0. The highest BCUT2D eigenvalue weighted by Crippen LogP contribution is 2.48. The van der Waals surface area contributed by atoms with Gasteiger partial charge in [-0.05, 0) is 18.9 Å². The van der Waals surface area contributed by atoms with Crippen LogP contribution in [0, 0.1) is 0 Å². The maximum atomic E-state index is 10.8. The van der Waals surface area contributed by atoms with Crippen LogP contribution in [0.5, 0.6) is 11.5 Å². The van der Waals surface area contributed by atoms with E-state index in [-0.39, 0.29) is 0 Å². The first-order chi connectivity index (χ1) is 9.16. The van der Waals surface area contributed by atoms with Gasteiger partial charge in [-0.1, -0.05) is 24.4 Å². The van der Waals surface area contributed by atoms with E-state index in [1.54, 1.807) is 26.4 Å². The molecule has 0 aromatic heterocycles. The predicted molar refractivity (Wildman–Crippen MR) is 72.8 cm³/mol. The molecule has 1 aliphatic carbocycles. The van der Waals surface area contributed by atoms with Crippen LogP contribution >= 0.6 is 11.6 Å². The minimum absolute atomic E-state index is 0.462. The summed E-state index contributed by atoms with van der Waals surface area (Å²) in [5, 5.41) is 0.462. The Labute approximate surface area is 117 Å². The highest BCUT2D eigenvalue weighted by molar-refractivity contribution is 6.32. The number of rotatable bonds is 4. The lowest BCUT2D eigenvalue weighted by molar-refractivity contribution is 0.372. The molecule has 5 heteroatoms. The molecule has 0 spiro atoms. The highest BCUT2D eigenvalue weighted by atomic mass is 35.5. The maximum Gasteiger partial charge on any atom is 0.235 e. The number of ether oxygens (including phenoxy) is 2. The molecule has 0 radical (unpaired) electrons. The molecular formula is C14H16ClNO3. The molecule has 1 fully saturated rings. The number of carbonyl (C=O) groups excluding carboxylic acids is 1. The van der Waals surface area contributed by atoms with Gasteiger partial charge in [-0.2, -0.15) is 4.99 Å². The van der Waals surface area contributed by atoms with E-state index < -0.39 is 5.54 Å². The van der Waals surface area contributed by atoms with Crippen molar-refractivity contribution in [3.05, 3.63) is 22.7 Å². The molecule has 2 rings (SSSR count). The third-order valence-corrected chi connectivity index (χ3v) is 3.93. The molecule has 19 heavy (non-hydrogen) atoms. The van der Waals surface area contributed by atoms with E-state index >= 15 is 0 Å². The molecule has 102 valence electrons. The van der Waals surface area contributed by atoms with Crippen LogP contribution < -0.4 is 9.47 Å². The lowest BCUT2D eigenvalue weighted by Gasteiger charge is -2.26. The van der Waals surface area contributed by atoms with Crippen LogP contribution in [0.15, 0.2) is 17.1 Å². The van der Waals surface area contributed by atoms with Gasteiger partial charge in [-0.25, -0.2) is 4.79 Å². The summed E-state index contributed by atoms with van der Waals surface area (Å²) in [5.74, 6) is 1.19. The molecule has 0 atom stereocenters. The number of nitrogens with zero attached hydrogens (tertiary/aromatic N) is 1. The van der Waals surface area contributed by atoms with Crippen LogP contribution in [0.25, 0.3) is 0 Å². The third kappa shape index (κ3) is 2.46. The summed E-state index contributed by atoms with van der Waals surface area (Å²) >= 11 is 6.21. The number of hydrogen-bond donors (Lipinski definition) is 0. The smallest absolute Gasteiger partial charge is 0.235 e. The van der Waals surface area contributed by atoms with Gasteiger partial charge in [0.05, 0.1) is 19.2 Å². The number of isocyanates is 1. The molecule has 1 saturated carbocycles. The van der Waals surface area contributed by atoms with Crippen molar-refractivity contribution in [2.75, 3.05) is 14.2 Å². The lowest BCUT2D eigenvalue weighted by Crippen LogP contribution is -2.20. The molecule has 0 amide bonds. The van der Waals surface area contributed by atoms with Gasteiger partial charge < -0.3 is 9.47 Å². The van der Waals surface area contributed by atoms with E-state index in [0.29, 0.717) is 16.5 Å². The number of aliphatic imine (C=N–C) groups is 1. The van der Waals surface area contributed by atoms with E-state index in [1.165, 1.54) is 0 Å². The molecular weight excluding hydrogens is 266 g/mol. The first-order valence-electron chi connectivity index (χ1n) is 6.18. The number of benzene rings is 1. The highest BCUT2D eigenvalue weighted by Gasteiger charge is 2.39. The van der Waals surface area contributed by atoms with Crippen LogP contribution in [-0.2, 0) is 10.3 Å². The Kier molecular flexibility index (Phi) is 4.13. The third-order valence-electron chi connectivity index (χ3n) is 3.65. The summed E-state index contributed by atoms with van der Waals surface area (Å²) in [5.41, 5.74) is 0.228. The summed E-state index contributed by atoms with van der Waals surface area (Å²) < 4.78 is 10.6. The van der Waals surface area contributed by atoms with Crippen molar-refractivity contribution in [1.82, 2.24) is 0 Å².